The third-order valence-electron chi connectivity index (χ3n) is 4.18. The van der Waals surface area contributed by atoms with E-state index in [0.29, 0.717) is 5.56 Å². The number of benzene rings is 1. The van der Waals surface area contributed by atoms with Crippen LogP contribution >= 0.6 is 0 Å². The van der Waals surface area contributed by atoms with Gasteiger partial charge in [0.15, 0.2) is 9.84 Å². The maximum atomic E-state index is 13.9. The zero-order valence-corrected chi connectivity index (χ0v) is 15.1. The summed E-state index contributed by atoms with van der Waals surface area (Å²) in [7, 11) is -3.60. The lowest BCUT2D eigenvalue weighted by molar-refractivity contribution is 0.221. The summed E-state index contributed by atoms with van der Waals surface area (Å²) in [6.45, 7) is 7.65. The minimum absolute atomic E-state index is 0.296. The van der Waals surface area contributed by atoms with Crippen molar-refractivity contribution >= 4 is 15.9 Å². The van der Waals surface area contributed by atoms with Crippen LogP contribution in [0.15, 0.2) is 23.1 Å². The topological polar surface area (TPSA) is 75.3 Å². The molecule has 0 saturated carbocycles. The summed E-state index contributed by atoms with van der Waals surface area (Å²) in [5, 5.41) is 5.64. The van der Waals surface area contributed by atoms with E-state index in [9.17, 15) is 17.6 Å². The first-order valence-electron chi connectivity index (χ1n) is 7.60. The first-order valence-corrected chi connectivity index (χ1v) is 9.49. The number of nitrogens with one attached hydrogen (secondary N) is 2. The molecule has 5 nitrogen and oxygen atoms in total. The lowest BCUT2D eigenvalue weighted by Crippen LogP contribution is -2.50. The Morgan fingerprint density at radius 2 is 1.87 bits per heavy atom. The highest BCUT2D eigenvalue weighted by molar-refractivity contribution is 7.90. The van der Waals surface area contributed by atoms with Crippen molar-refractivity contribution in [2.75, 3.05) is 6.26 Å². The summed E-state index contributed by atoms with van der Waals surface area (Å²) in [5.41, 5.74) is 0.203. The van der Waals surface area contributed by atoms with Gasteiger partial charge in [-0.15, -0.1) is 0 Å². The Morgan fingerprint density at radius 1 is 1.30 bits per heavy atom. The van der Waals surface area contributed by atoms with Crippen molar-refractivity contribution in [2.45, 2.75) is 57.0 Å². The van der Waals surface area contributed by atoms with Crippen LogP contribution in [0.4, 0.5) is 9.18 Å². The zero-order chi connectivity index (χ0) is 17.8. The largest absolute Gasteiger partial charge is 0.333 e. The standard InChI is InChI=1S/C16H25FN2O3S/c1-6-16(4,7-2)19-15(20)18-11(3)12-8-9-14(13(17)10-12)23(5,21)22/h8-11H,6-7H2,1-5H3,(H2,18,19,20). The summed E-state index contributed by atoms with van der Waals surface area (Å²) >= 11 is 0. The van der Waals surface area contributed by atoms with Crippen LogP contribution in [0.5, 0.6) is 0 Å². The average molecular weight is 344 g/mol. The van der Waals surface area contributed by atoms with E-state index < -0.39 is 21.7 Å². The lowest BCUT2D eigenvalue weighted by atomic mass is 9.96. The molecule has 1 aromatic carbocycles. The minimum atomic E-state index is -3.60. The van der Waals surface area contributed by atoms with Gasteiger partial charge in [0.2, 0.25) is 0 Å². The molecule has 0 saturated heterocycles. The van der Waals surface area contributed by atoms with Crippen molar-refractivity contribution in [3.63, 3.8) is 0 Å². The summed E-state index contributed by atoms with van der Waals surface area (Å²) in [5.74, 6) is -0.814. The van der Waals surface area contributed by atoms with Crippen LogP contribution in [0.25, 0.3) is 0 Å². The number of hydrogen-bond donors (Lipinski definition) is 2. The molecule has 1 unspecified atom stereocenters. The maximum absolute atomic E-state index is 13.9. The highest BCUT2D eigenvalue weighted by atomic mass is 32.2. The number of rotatable bonds is 6. The van der Waals surface area contributed by atoms with Gasteiger partial charge in [0.25, 0.3) is 0 Å². The molecular weight excluding hydrogens is 319 g/mol. The van der Waals surface area contributed by atoms with Gasteiger partial charge < -0.3 is 10.6 Å². The van der Waals surface area contributed by atoms with Gasteiger partial charge in [0.05, 0.1) is 6.04 Å². The molecule has 130 valence electrons. The van der Waals surface area contributed by atoms with Gasteiger partial charge >= 0.3 is 6.03 Å². The quantitative estimate of drug-likeness (QED) is 0.832. The Kier molecular flexibility index (Phi) is 6.16. The van der Waals surface area contributed by atoms with Crippen molar-refractivity contribution in [3.05, 3.63) is 29.6 Å². The van der Waals surface area contributed by atoms with Crippen LogP contribution in [0.1, 0.15) is 52.1 Å². The zero-order valence-electron chi connectivity index (χ0n) is 14.2. The SMILES string of the molecule is CCC(C)(CC)NC(=O)NC(C)c1ccc(S(C)(=O)=O)c(F)c1. The van der Waals surface area contributed by atoms with Crippen molar-refractivity contribution in [2.24, 2.45) is 0 Å². The molecule has 0 spiro atoms. The third-order valence-corrected chi connectivity index (χ3v) is 5.31. The number of carbonyl (C=O) groups excluding carboxylic acids is 1. The highest BCUT2D eigenvalue weighted by Crippen LogP contribution is 2.20. The summed E-state index contributed by atoms with van der Waals surface area (Å²) in [6.07, 6.45) is 2.54. The summed E-state index contributed by atoms with van der Waals surface area (Å²) < 4.78 is 36.7. The summed E-state index contributed by atoms with van der Waals surface area (Å²) in [4.78, 5) is 11.7. The second kappa shape index (κ2) is 7.29. The predicted octanol–water partition coefficient (Wildman–Crippen LogP) is 3.17. The van der Waals surface area contributed by atoms with Crippen LogP contribution in [-0.2, 0) is 9.84 Å². The molecule has 1 atom stereocenters. The second-order valence-electron chi connectivity index (χ2n) is 6.05. The Hall–Kier alpha value is -1.63. The van der Waals surface area contributed by atoms with Crippen LogP contribution in [0.3, 0.4) is 0 Å². The maximum Gasteiger partial charge on any atom is 0.315 e. The molecule has 2 amide bonds. The van der Waals surface area contributed by atoms with Crippen LogP contribution in [0.2, 0.25) is 0 Å². The average Bonchev–Trinajstić information content (AvgIpc) is 2.45. The van der Waals surface area contributed by atoms with Crippen molar-refractivity contribution < 1.29 is 17.6 Å². The Morgan fingerprint density at radius 3 is 2.30 bits per heavy atom. The second-order valence-corrected chi connectivity index (χ2v) is 8.03. The molecule has 1 rings (SSSR count). The fourth-order valence-corrected chi connectivity index (χ4v) is 2.83. The van der Waals surface area contributed by atoms with Gasteiger partial charge in [-0.3, -0.25) is 0 Å². The number of sulfone groups is 1. The van der Waals surface area contributed by atoms with Gasteiger partial charge in [-0.05, 0) is 44.4 Å². The molecule has 23 heavy (non-hydrogen) atoms. The molecule has 0 radical (unpaired) electrons. The predicted molar refractivity (Wildman–Crippen MR) is 88.6 cm³/mol. The van der Waals surface area contributed by atoms with Crippen molar-refractivity contribution in [3.8, 4) is 0 Å². The van der Waals surface area contributed by atoms with E-state index in [1.54, 1.807) is 6.92 Å². The number of amides is 2. The van der Waals surface area contributed by atoms with E-state index in [4.69, 9.17) is 0 Å². The van der Waals surface area contributed by atoms with Crippen molar-refractivity contribution in [1.29, 1.82) is 0 Å². The van der Waals surface area contributed by atoms with Gasteiger partial charge in [0.1, 0.15) is 10.7 Å². The molecule has 0 aliphatic carbocycles. The molecule has 0 fully saturated rings. The van der Waals surface area contributed by atoms with Gasteiger partial charge in [-0.1, -0.05) is 19.9 Å². The Bertz CT molecular complexity index is 670. The van der Waals surface area contributed by atoms with E-state index in [1.165, 1.54) is 12.1 Å². The molecular formula is C16H25FN2O3S. The van der Waals surface area contributed by atoms with Crippen LogP contribution < -0.4 is 10.6 Å². The van der Waals surface area contributed by atoms with Gasteiger partial charge in [-0.25, -0.2) is 17.6 Å². The molecule has 2 N–H and O–H groups in total. The van der Waals surface area contributed by atoms with Crippen LogP contribution in [0, 0.1) is 5.82 Å². The fraction of sp³-hybridized carbons (Fsp3) is 0.562. The van der Waals surface area contributed by atoms with Crippen LogP contribution in [-0.4, -0.2) is 26.2 Å². The Balaban J connectivity index is 2.85. The van der Waals surface area contributed by atoms with Crippen molar-refractivity contribution in [1.82, 2.24) is 10.6 Å². The molecule has 0 aromatic heterocycles. The van der Waals surface area contributed by atoms with E-state index in [-0.39, 0.29) is 16.5 Å². The highest BCUT2D eigenvalue weighted by Gasteiger charge is 2.23. The summed E-state index contributed by atoms with van der Waals surface area (Å²) in [6, 6.07) is 3.08. The fourth-order valence-electron chi connectivity index (χ4n) is 2.10. The van der Waals surface area contributed by atoms with E-state index in [0.717, 1.165) is 25.2 Å². The lowest BCUT2D eigenvalue weighted by Gasteiger charge is -2.29. The third kappa shape index (κ3) is 5.20. The van der Waals surface area contributed by atoms with E-state index in [1.807, 2.05) is 20.8 Å². The van der Waals surface area contributed by atoms with Gasteiger partial charge in [-0.2, -0.15) is 0 Å². The smallest absolute Gasteiger partial charge is 0.315 e. The molecule has 0 heterocycles. The normalized spacial score (nSPS) is 13.5. The monoisotopic (exact) mass is 344 g/mol. The first kappa shape index (κ1) is 19.4. The number of urea groups is 1. The van der Waals surface area contributed by atoms with E-state index in [2.05, 4.69) is 10.6 Å². The molecule has 0 aliphatic rings. The number of hydrogen-bond acceptors (Lipinski definition) is 3. The molecule has 1 aromatic rings. The van der Waals surface area contributed by atoms with E-state index >= 15 is 0 Å². The number of halogens is 1. The molecule has 0 bridgehead atoms. The minimum Gasteiger partial charge on any atom is -0.333 e. The molecule has 7 heteroatoms. The Labute approximate surface area is 137 Å². The number of carbonyl (C=O) groups is 1. The first-order chi connectivity index (χ1) is 10.5. The molecule has 0 aliphatic heterocycles. The van der Waals surface area contributed by atoms with Gasteiger partial charge in [0, 0.05) is 11.8 Å².